The zero-order valence-corrected chi connectivity index (χ0v) is 15.7. The molecule has 1 amide bonds. The molecule has 1 aromatic heterocycles. The predicted octanol–water partition coefficient (Wildman–Crippen LogP) is 3.50. The Kier molecular flexibility index (Phi) is 4.41. The number of rotatable bonds is 2. The Labute approximate surface area is 161 Å². The van der Waals surface area contributed by atoms with E-state index in [1.165, 1.54) is 12.1 Å². The maximum absolute atomic E-state index is 12.8. The zero-order valence-electron chi connectivity index (χ0n) is 15.7. The van der Waals surface area contributed by atoms with Gasteiger partial charge in [0.1, 0.15) is 11.4 Å². The van der Waals surface area contributed by atoms with Crippen LogP contribution in [0, 0.1) is 6.92 Å². The molecule has 2 aromatic rings. The fourth-order valence-corrected chi connectivity index (χ4v) is 4.09. The van der Waals surface area contributed by atoms with Crippen molar-refractivity contribution in [2.24, 2.45) is 0 Å². The SMILES string of the molecule is Cc1cc(-c2ccc(C(F)(F)F)cc2)nc([C@H]2CC[C@]3(CCN(C)C3=O)N2)n1. The van der Waals surface area contributed by atoms with Crippen LogP contribution in [0.4, 0.5) is 13.2 Å². The summed E-state index contributed by atoms with van der Waals surface area (Å²) in [5.74, 6) is 0.680. The minimum atomic E-state index is -4.37. The van der Waals surface area contributed by atoms with Crippen LogP contribution in [0.15, 0.2) is 30.3 Å². The van der Waals surface area contributed by atoms with Crippen LogP contribution in [0.2, 0.25) is 0 Å². The molecule has 5 nitrogen and oxygen atoms in total. The molecule has 2 atom stereocenters. The topological polar surface area (TPSA) is 58.1 Å². The van der Waals surface area contributed by atoms with Crippen molar-refractivity contribution in [3.05, 3.63) is 47.4 Å². The van der Waals surface area contributed by atoms with E-state index in [9.17, 15) is 18.0 Å². The molecular formula is C20H21F3N4O. The third-order valence-corrected chi connectivity index (χ3v) is 5.63. The number of hydrogen-bond acceptors (Lipinski definition) is 4. The number of halogens is 3. The van der Waals surface area contributed by atoms with E-state index in [1.54, 1.807) is 18.0 Å². The number of benzene rings is 1. The lowest BCUT2D eigenvalue weighted by Crippen LogP contribution is -2.47. The fraction of sp³-hybridized carbons (Fsp3) is 0.450. The molecule has 2 aliphatic heterocycles. The van der Waals surface area contributed by atoms with Crippen LogP contribution in [0.3, 0.4) is 0 Å². The van der Waals surface area contributed by atoms with E-state index in [0.717, 1.165) is 43.6 Å². The Hall–Kier alpha value is -2.48. The molecule has 2 aliphatic rings. The van der Waals surface area contributed by atoms with Crippen molar-refractivity contribution in [1.82, 2.24) is 20.2 Å². The number of amides is 1. The van der Waals surface area contributed by atoms with Crippen molar-refractivity contribution in [2.45, 2.75) is 43.9 Å². The van der Waals surface area contributed by atoms with E-state index < -0.39 is 17.3 Å². The summed E-state index contributed by atoms with van der Waals surface area (Å²) in [6.45, 7) is 2.56. The van der Waals surface area contributed by atoms with Crippen LogP contribution in [0.25, 0.3) is 11.3 Å². The number of likely N-dealkylation sites (N-methyl/N-ethyl adjacent to an activating group) is 1. The van der Waals surface area contributed by atoms with Crippen molar-refractivity contribution in [2.75, 3.05) is 13.6 Å². The second-order valence-electron chi connectivity index (χ2n) is 7.62. The number of nitrogens with one attached hydrogen (secondary N) is 1. The molecule has 3 heterocycles. The van der Waals surface area contributed by atoms with E-state index in [2.05, 4.69) is 15.3 Å². The number of likely N-dealkylation sites (tertiary alicyclic amines) is 1. The van der Waals surface area contributed by atoms with Gasteiger partial charge >= 0.3 is 6.18 Å². The quantitative estimate of drug-likeness (QED) is 0.853. The summed E-state index contributed by atoms with van der Waals surface area (Å²) in [6.07, 6.45) is -2.13. The molecule has 0 saturated carbocycles. The van der Waals surface area contributed by atoms with Crippen molar-refractivity contribution in [1.29, 1.82) is 0 Å². The molecule has 1 spiro atoms. The lowest BCUT2D eigenvalue weighted by Gasteiger charge is -2.23. The minimum absolute atomic E-state index is 0.102. The van der Waals surface area contributed by atoms with Gasteiger partial charge in [0.15, 0.2) is 0 Å². The number of aryl methyl sites for hydroxylation is 1. The first-order valence-electron chi connectivity index (χ1n) is 9.24. The summed E-state index contributed by atoms with van der Waals surface area (Å²) in [6, 6.07) is 6.57. The van der Waals surface area contributed by atoms with Gasteiger partial charge < -0.3 is 4.90 Å². The molecule has 2 saturated heterocycles. The molecule has 0 radical (unpaired) electrons. The highest BCUT2D eigenvalue weighted by Crippen LogP contribution is 2.38. The molecule has 1 aromatic carbocycles. The first kappa shape index (κ1) is 18.9. The summed E-state index contributed by atoms with van der Waals surface area (Å²) in [4.78, 5) is 23.4. The van der Waals surface area contributed by atoms with Gasteiger partial charge in [0.05, 0.1) is 17.3 Å². The van der Waals surface area contributed by atoms with Crippen LogP contribution in [-0.2, 0) is 11.0 Å². The second-order valence-corrected chi connectivity index (χ2v) is 7.62. The van der Waals surface area contributed by atoms with Crippen molar-refractivity contribution in [3.8, 4) is 11.3 Å². The number of alkyl halides is 3. The summed E-state index contributed by atoms with van der Waals surface area (Å²) in [5, 5.41) is 3.43. The summed E-state index contributed by atoms with van der Waals surface area (Å²) in [7, 11) is 1.80. The van der Waals surface area contributed by atoms with E-state index >= 15 is 0 Å². The maximum Gasteiger partial charge on any atom is 0.416 e. The van der Waals surface area contributed by atoms with Gasteiger partial charge in [0, 0.05) is 24.8 Å². The third-order valence-electron chi connectivity index (χ3n) is 5.63. The summed E-state index contributed by atoms with van der Waals surface area (Å²) < 4.78 is 38.4. The molecular weight excluding hydrogens is 369 g/mol. The highest BCUT2D eigenvalue weighted by molar-refractivity contribution is 5.88. The van der Waals surface area contributed by atoms with Gasteiger partial charge in [-0.25, -0.2) is 9.97 Å². The predicted molar refractivity (Wildman–Crippen MR) is 97.3 cm³/mol. The van der Waals surface area contributed by atoms with Gasteiger partial charge in [0.25, 0.3) is 0 Å². The van der Waals surface area contributed by atoms with E-state index in [4.69, 9.17) is 0 Å². The van der Waals surface area contributed by atoms with Crippen LogP contribution < -0.4 is 5.32 Å². The Morgan fingerprint density at radius 1 is 1.18 bits per heavy atom. The average Bonchev–Trinajstić information content (AvgIpc) is 3.21. The van der Waals surface area contributed by atoms with Gasteiger partial charge in [-0.1, -0.05) is 12.1 Å². The smallest absolute Gasteiger partial charge is 0.344 e. The van der Waals surface area contributed by atoms with Gasteiger partial charge in [-0.3, -0.25) is 10.1 Å². The second kappa shape index (κ2) is 6.55. The van der Waals surface area contributed by atoms with E-state index in [-0.39, 0.29) is 11.9 Å². The van der Waals surface area contributed by atoms with Gasteiger partial charge in [0.2, 0.25) is 5.91 Å². The Balaban J connectivity index is 1.61. The molecule has 1 N–H and O–H groups in total. The molecule has 4 rings (SSSR count). The molecule has 8 heteroatoms. The van der Waals surface area contributed by atoms with Gasteiger partial charge in [-0.05, 0) is 44.4 Å². The number of nitrogens with zero attached hydrogens (tertiary/aromatic N) is 3. The monoisotopic (exact) mass is 390 g/mol. The molecule has 2 fully saturated rings. The van der Waals surface area contributed by atoms with Crippen LogP contribution in [0.1, 0.15) is 42.4 Å². The number of aromatic nitrogens is 2. The molecule has 0 unspecified atom stereocenters. The molecule has 28 heavy (non-hydrogen) atoms. The molecule has 0 bridgehead atoms. The summed E-state index contributed by atoms with van der Waals surface area (Å²) >= 11 is 0. The third kappa shape index (κ3) is 3.26. The lowest BCUT2D eigenvalue weighted by molar-refractivity contribution is -0.137. The Bertz CT molecular complexity index is 913. The number of carbonyl (C=O) groups excluding carboxylic acids is 1. The highest BCUT2D eigenvalue weighted by atomic mass is 19.4. The maximum atomic E-state index is 12.8. The Morgan fingerprint density at radius 2 is 1.89 bits per heavy atom. The Morgan fingerprint density at radius 3 is 2.50 bits per heavy atom. The fourth-order valence-electron chi connectivity index (χ4n) is 4.09. The normalized spacial score (nSPS) is 25.1. The standard InChI is InChI=1S/C20H21F3N4O/c1-12-11-16(13-3-5-14(6-4-13)20(21,22)23)25-17(24-12)15-7-8-19(26-15)9-10-27(2)18(19)28/h3-6,11,15,26H,7-10H2,1-2H3/t15-,19-/m1/s1. The van der Waals surface area contributed by atoms with Crippen LogP contribution in [0.5, 0.6) is 0 Å². The van der Waals surface area contributed by atoms with Gasteiger partial charge in [-0.15, -0.1) is 0 Å². The van der Waals surface area contributed by atoms with Gasteiger partial charge in [-0.2, -0.15) is 13.2 Å². The van der Waals surface area contributed by atoms with E-state index in [1.807, 2.05) is 6.92 Å². The molecule has 148 valence electrons. The summed E-state index contributed by atoms with van der Waals surface area (Å²) in [5.41, 5.74) is 0.683. The van der Waals surface area contributed by atoms with Crippen LogP contribution >= 0.6 is 0 Å². The largest absolute Gasteiger partial charge is 0.416 e. The lowest BCUT2D eigenvalue weighted by atomic mass is 9.96. The first-order chi connectivity index (χ1) is 13.2. The first-order valence-corrected chi connectivity index (χ1v) is 9.24. The minimum Gasteiger partial charge on any atom is -0.344 e. The van der Waals surface area contributed by atoms with Crippen molar-refractivity contribution in [3.63, 3.8) is 0 Å². The average molecular weight is 390 g/mol. The van der Waals surface area contributed by atoms with Crippen LogP contribution in [-0.4, -0.2) is 39.9 Å². The van der Waals surface area contributed by atoms with E-state index in [0.29, 0.717) is 17.1 Å². The van der Waals surface area contributed by atoms with Crippen molar-refractivity contribution >= 4 is 5.91 Å². The number of carbonyl (C=O) groups is 1. The van der Waals surface area contributed by atoms with Crippen molar-refractivity contribution < 1.29 is 18.0 Å². The number of hydrogen-bond donors (Lipinski definition) is 1. The highest BCUT2D eigenvalue weighted by Gasteiger charge is 2.50. The zero-order chi connectivity index (χ0) is 20.1. The molecule has 0 aliphatic carbocycles.